The van der Waals surface area contributed by atoms with Gasteiger partial charge in [-0.05, 0) is 31.6 Å². The van der Waals surface area contributed by atoms with Crippen LogP contribution in [0, 0.1) is 5.92 Å². The zero-order chi connectivity index (χ0) is 18.6. The summed E-state index contributed by atoms with van der Waals surface area (Å²) in [5.74, 6) is -0.521. The van der Waals surface area contributed by atoms with Gasteiger partial charge in [0.15, 0.2) is 10.1 Å². The van der Waals surface area contributed by atoms with Gasteiger partial charge in [-0.2, -0.15) is 8.78 Å². The molecule has 24 heavy (non-hydrogen) atoms. The highest BCUT2D eigenvalue weighted by atomic mass is 32.2. The smallest absolute Gasteiger partial charge is 0.336 e. The third kappa shape index (κ3) is 5.22. The lowest BCUT2D eigenvalue weighted by Crippen LogP contribution is -2.38. The molecule has 0 spiro atoms. The van der Waals surface area contributed by atoms with Gasteiger partial charge < -0.3 is 14.0 Å². The number of carbonyl (C=O) groups is 1. The van der Waals surface area contributed by atoms with Crippen molar-refractivity contribution in [2.45, 2.75) is 56.8 Å². The Labute approximate surface area is 141 Å². The molecule has 0 heterocycles. The Morgan fingerprint density at radius 3 is 2.33 bits per heavy atom. The first-order chi connectivity index (χ1) is 10.9. The van der Waals surface area contributed by atoms with Crippen LogP contribution in [0.3, 0.4) is 0 Å². The predicted molar refractivity (Wildman–Crippen MR) is 81.3 cm³/mol. The van der Waals surface area contributed by atoms with Gasteiger partial charge in [0.2, 0.25) is 0 Å². The van der Waals surface area contributed by atoms with Crippen molar-refractivity contribution in [1.29, 1.82) is 0 Å². The second-order valence-corrected chi connectivity index (χ2v) is 7.82. The van der Waals surface area contributed by atoms with Crippen LogP contribution in [0.15, 0.2) is 12.2 Å². The number of carbonyl (C=O) groups excluding carboxylic acids is 1. The van der Waals surface area contributed by atoms with Crippen molar-refractivity contribution in [1.82, 2.24) is 0 Å². The summed E-state index contributed by atoms with van der Waals surface area (Å²) in [6.45, 7) is 6.35. The van der Waals surface area contributed by atoms with Crippen molar-refractivity contribution >= 4 is 16.1 Å². The fourth-order valence-corrected chi connectivity index (χ4v) is 2.93. The third-order valence-electron chi connectivity index (χ3n) is 4.27. The van der Waals surface area contributed by atoms with Gasteiger partial charge >= 0.3 is 11.2 Å². The summed E-state index contributed by atoms with van der Waals surface area (Å²) in [7, 11) is -5.73. The number of ether oxygens (including phenoxy) is 2. The fraction of sp³-hybridized carbons (Fsp3) is 0.800. The molecule has 0 aromatic rings. The van der Waals surface area contributed by atoms with Crippen LogP contribution in [0.25, 0.3) is 0 Å². The standard InChI is InChI=1S/C15H24F2O6S/c1-11(2)14(6-4-5-7-14)23-13(18)12(3)10-22-9-8-15(16,17)24(19,20)21/h11H,3-10H2,1-2H3,(H,19,20,21)/p-1. The van der Waals surface area contributed by atoms with Crippen LogP contribution < -0.4 is 0 Å². The Balaban J connectivity index is 2.44. The highest BCUT2D eigenvalue weighted by Crippen LogP contribution is 2.39. The van der Waals surface area contributed by atoms with Gasteiger partial charge in [0.05, 0.1) is 18.8 Å². The molecule has 9 heteroatoms. The molecule has 1 fully saturated rings. The Hall–Kier alpha value is -1.06. The van der Waals surface area contributed by atoms with E-state index in [1.54, 1.807) is 0 Å². The van der Waals surface area contributed by atoms with E-state index in [1.165, 1.54) is 0 Å². The fourth-order valence-electron chi connectivity index (χ4n) is 2.60. The van der Waals surface area contributed by atoms with E-state index in [1.807, 2.05) is 13.8 Å². The molecular formula is C15H23F2O6S-. The lowest BCUT2D eigenvalue weighted by atomic mass is 9.88. The van der Waals surface area contributed by atoms with Gasteiger partial charge in [0, 0.05) is 6.42 Å². The molecule has 1 saturated carbocycles. The largest absolute Gasteiger partial charge is 0.743 e. The van der Waals surface area contributed by atoms with Crippen LogP contribution in [0.1, 0.15) is 46.0 Å². The van der Waals surface area contributed by atoms with Crippen LogP contribution in [0.2, 0.25) is 0 Å². The highest BCUT2D eigenvalue weighted by molar-refractivity contribution is 7.86. The molecule has 1 aliphatic carbocycles. The number of halogens is 2. The van der Waals surface area contributed by atoms with Gasteiger partial charge in [-0.3, -0.25) is 0 Å². The van der Waals surface area contributed by atoms with Gasteiger partial charge in [0.1, 0.15) is 5.60 Å². The molecule has 0 aromatic carbocycles. The van der Waals surface area contributed by atoms with Crippen LogP contribution in [-0.2, 0) is 24.4 Å². The van der Waals surface area contributed by atoms with Gasteiger partial charge in [-0.1, -0.05) is 20.4 Å². The maximum absolute atomic E-state index is 12.9. The second-order valence-electron chi connectivity index (χ2n) is 6.31. The van der Waals surface area contributed by atoms with Crippen LogP contribution >= 0.6 is 0 Å². The Morgan fingerprint density at radius 1 is 1.33 bits per heavy atom. The van der Waals surface area contributed by atoms with Gasteiger partial charge in [-0.25, -0.2) is 13.2 Å². The quantitative estimate of drug-likeness (QED) is 0.268. The van der Waals surface area contributed by atoms with E-state index in [2.05, 4.69) is 6.58 Å². The Morgan fingerprint density at radius 2 is 1.88 bits per heavy atom. The normalized spacial score (nSPS) is 17.9. The third-order valence-corrected chi connectivity index (χ3v) is 5.20. The number of alkyl halides is 2. The monoisotopic (exact) mass is 369 g/mol. The second kappa shape index (κ2) is 7.88. The number of hydrogen-bond donors (Lipinski definition) is 0. The number of rotatable bonds is 9. The van der Waals surface area contributed by atoms with Gasteiger partial charge in [0.25, 0.3) is 0 Å². The average Bonchev–Trinajstić information content (AvgIpc) is 2.91. The van der Waals surface area contributed by atoms with E-state index in [9.17, 15) is 26.5 Å². The summed E-state index contributed by atoms with van der Waals surface area (Å²) >= 11 is 0. The molecule has 6 nitrogen and oxygen atoms in total. The van der Waals surface area contributed by atoms with Crippen molar-refractivity contribution in [2.75, 3.05) is 13.2 Å². The summed E-state index contributed by atoms with van der Waals surface area (Å²) in [5, 5.41) is -4.40. The topological polar surface area (TPSA) is 92.7 Å². The first kappa shape index (κ1) is 21.0. The van der Waals surface area contributed by atoms with Crippen LogP contribution in [-0.4, -0.2) is 43.0 Å². The van der Waals surface area contributed by atoms with Crippen molar-refractivity contribution in [3.05, 3.63) is 12.2 Å². The minimum Gasteiger partial charge on any atom is -0.743 e. The van der Waals surface area contributed by atoms with Crippen molar-refractivity contribution in [3.63, 3.8) is 0 Å². The van der Waals surface area contributed by atoms with Gasteiger partial charge in [-0.15, -0.1) is 0 Å². The van der Waals surface area contributed by atoms with E-state index < -0.39 is 40.0 Å². The SMILES string of the molecule is C=C(COCCC(F)(F)S(=O)(=O)[O-])C(=O)OC1(C(C)C)CCCC1. The van der Waals surface area contributed by atoms with E-state index in [-0.39, 0.29) is 18.1 Å². The zero-order valence-corrected chi connectivity index (χ0v) is 14.7. The molecule has 0 amide bonds. The molecule has 0 N–H and O–H groups in total. The molecule has 1 rings (SSSR count). The first-order valence-corrected chi connectivity index (χ1v) is 9.14. The molecule has 140 valence electrons. The summed E-state index contributed by atoms with van der Waals surface area (Å²) < 4.78 is 67.2. The molecular weight excluding hydrogens is 346 g/mol. The van der Waals surface area contributed by atoms with E-state index >= 15 is 0 Å². The van der Waals surface area contributed by atoms with Crippen molar-refractivity contribution < 1.29 is 36.0 Å². The van der Waals surface area contributed by atoms with Crippen molar-refractivity contribution in [2.24, 2.45) is 5.92 Å². The Kier molecular flexibility index (Phi) is 6.89. The molecule has 0 saturated heterocycles. The molecule has 0 unspecified atom stereocenters. The average molecular weight is 369 g/mol. The summed E-state index contributed by atoms with van der Waals surface area (Å²) in [6.07, 6.45) is 2.17. The minimum absolute atomic E-state index is 0.0461. The van der Waals surface area contributed by atoms with Crippen LogP contribution in [0.4, 0.5) is 8.78 Å². The number of esters is 1. The first-order valence-electron chi connectivity index (χ1n) is 7.73. The highest BCUT2D eigenvalue weighted by Gasteiger charge is 2.41. The lowest BCUT2D eigenvalue weighted by molar-refractivity contribution is -0.160. The summed E-state index contributed by atoms with van der Waals surface area (Å²) in [6, 6.07) is 0. The number of hydrogen-bond acceptors (Lipinski definition) is 6. The minimum atomic E-state index is -5.73. The molecule has 0 atom stereocenters. The predicted octanol–water partition coefficient (Wildman–Crippen LogP) is 2.60. The molecule has 0 aliphatic heterocycles. The van der Waals surface area contributed by atoms with E-state index in [0.717, 1.165) is 25.7 Å². The molecule has 0 bridgehead atoms. The maximum atomic E-state index is 12.9. The lowest BCUT2D eigenvalue weighted by Gasteiger charge is -2.33. The van der Waals surface area contributed by atoms with Crippen LogP contribution in [0.5, 0.6) is 0 Å². The maximum Gasteiger partial charge on any atom is 0.336 e. The van der Waals surface area contributed by atoms with Crippen molar-refractivity contribution in [3.8, 4) is 0 Å². The Bertz CT molecular complexity index is 565. The summed E-state index contributed by atoms with van der Waals surface area (Å²) in [4.78, 5) is 12.1. The zero-order valence-electron chi connectivity index (χ0n) is 13.8. The van der Waals surface area contributed by atoms with E-state index in [4.69, 9.17) is 9.47 Å². The molecule has 0 aromatic heterocycles. The van der Waals surface area contributed by atoms with E-state index in [0.29, 0.717) is 0 Å². The molecule has 1 aliphatic rings. The summed E-state index contributed by atoms with van der Waals surface area (Å²) in [5.41, 5.74) is -0.584. The molecule has 0 radical (unpaired) electrons.